The maximum Gasteiger partial charge on any atom is 0.216 e. The number of methoxy groups -OCH3 is 1. The molecule has 0 amide bonds. The van der Waals surface area contributed by atoms with Crippen LogP contribution in [0.4, 0.5) is 0 Å². The molecule has 0 aliphatic rings. The summed E-state index contributed by atoms with van der Waals surface area (Å²) in [6.45, 7) is 4.34. The van der Waals surface area contributed by atoms with Gasteiger partial charge in [0.1, 0.15) is 18.2 Å². The molecule has 2 aromatic heterocycles. The standard InChI is InChI=1S/C21H28N6O3/c1-15-6-7-16(18(13-15)30-12-11-28-3)14-24-21(22-2)23-9-8-19-25-20(27-26-19)17-5-4-10-29-17/h4-7,10,13H,8-9,11-12,14H2,1-3H3,(H2,22,23,24)(H,25,26,27). The SMILES string of the molecule is CN=C(NCCc1nc(-c2ccco2)n[nH]1)NCc1ccc(C)cc1OCCOC. The lowest BCUT2D eigenvalue weighted by Crippen LogP contribution is -2.38. The molecule has 9 heteroatoms. The largest absolute Gasteiger partial charge is 0.491 e. The van der Waals surface area contributed by atoms with Gasteiger partial charge in [0.05, 0.1) is 12.9 Å². The number of benzene rings is 1. The summed E-state index contributed by atoms with van der Waals surface area (Å²) < 4.78 is 16.2. The summed E-state index contributed by atoms with van der Waals surface area (Å²) in [6.07, 6.45) is 2.27. The molecule has 2 heterocycles. The number of ether oxygens (including phenoxy) is 2. The van der Waals surface area contributed by atoms with Crippen molar-refractivity contribution in [2.75, 3.05) is 33.9 Å². The normalized spacial score (nSPS) is 11.5. The highest BCUT2D eigenvalue weighted by Gasteiger charge is 2.09. The zero-order valence-electron chi connectivity index (χ0n) is 17.6. The van der Waals surface area contributed by atoms with E-state index in [1.165, 1.54) is 0 Å². The van der Waals surface area contributed by atoms with Crippen molar-refractivity contribution in [3.63, 3.8) is 0 Å². The van der Waals surface area contributed by atoms with E-state index in [1.54, 1.807) is 20.4 Å². The molecule has 0 bridgehead atoms. The third kappa shape index (κ3) is 6.08. The van der Waals surface area contributed by atoms with Crippen molar-refractivity contribution >= 4 is 5.96 Å². The van der Waals surface area contributed by atoms with Crippen molar-refractivity contribution in [1.29, 1.82) is 0 Å². The minimum absolute atomic E-state index is 0.511. The molecule has 3 rings (SSSR count). The number of hydrogen-bond acceptors (Lipinski definition) is 6. The summed E-state index contributed by atoms with van der Waals surface area (Å²) in [5.41, 5.74) is 2.20. The van der Waals surface area contributed by atoms with Crippen LogP contribution in [0.1, 0.15) is 17.0 Å². The molecule has 0 unspecified atom stereocenters. The van der Waals surface area contributed by atoms with Gasteiger partial charge < -0.3 is 24.5 Å². The molecular formula is C21H28N6O3. The zero-order valence-corrected chi connectivity index (χ0v) is 17.6. The van der Waals surface area contributed by atoms with Gasteiger partial charge in [-0.1, -0.05) is 12.1 Å². The molecule has 0 radical (unpaired) electrons. The van der Waals surface area contributed by atoms with Crippen molar-refractivity contribution in [2.24, 2.45) is 4.99 Å². The molecule has 0 saturated carbocycles. The second-order valence-corrected chi connectivity index (χ2v) is 6.64. The second-order valence-electron chi connectivity index (χ2n) is 6.64. The molecule has 160 valence electrons. The van der Waals surface area contributed by atoms with Gasteiger partial charge in [-0.2, -0.15) is 5.10 Å². The van der Waals surface area contributed by atoms with E-state index in [1.807, 2.05) is 25.1 Å². The highest BCUT2D eigenvalue weighted by Crippen LogP contribution is 2.20. The fourth-order valence-electron chi connectivity index (χ4n) is 2.80. The first-order valence-electron chi connectivity index (χ1n) is 9.80. The summed E-state index contributed by atoms with van der Waals surface area (Å²) in [7, 11) is 3.40. The minimum atomic E-state index is 0.511. The smallest absolute Gasteiger partial charge is 0.216 e. The Morgan fingerprint density at radius 3 is 2.90 bits per heavy atom. The first kappa shape index (κ1) is 21.4. The van der Waals surface area contributed by atoms with Crippen LogP contribution in [-0.4, -0.2) is 55.1 Å². The first-order chi connectivity index (χ1) is 14.7. The van der Waals surface area contributed by atoms with Crippen LogP contribution in [0.2, 0.25) is 0 Å². The molecule has 0 fully saturated rings. The number of guanidine groups is 1. The van der Waals surface area contributed by atoms with Crippen molar-refractivity contribution in [3.8, 4) is 17.3 Å². The lowest BCUT2D eigenvalue weighted by Gasteiger charge is -2.15. The zero-order chi connectivity index (χ0) is 21.2. The summed E-state index contributed by atoms with van der Waals surface area (Å²) >= 11 is 0. The fraction of sp³-hybridized carbons (Fsp3) is 0.381. The molecule has 1 aromatic carbocycles. The average molecular weight is 412 g/mol. The van der Waals surface area contributed by atoms with Gasteiger partial charge in [-0.15, -0.1) is 0 Å². The molecular weight excluding hydrogens is 384 g/mol. The average Bonchev–Trinajstić information content (AvgIpc) is 3.44. The van der Waals surface area contributed by atoms with E-state index in [4.69, 9.17) is 13.9 Å². The predicted octanol–water partition coefficient (Wildman–Crippen LogP) is 2.31. The number of aromatic amines is 1. The number of hydrogen-bond donors (Lipinski definition) is 3. The quantitative estimate of drug-likeness (QED) is 0.266. The molecule has 0 atom stereocenters. The Morgan fingerprint density at radius 2 is 2.13 bits per heavy atom. The van der Waals surface area contributed by atoms with Crippen molar-refractivity contribution in [2.45, 2.75) is 19.9 Å². The van der Waals surface area contributed by atoms with Crippen LogP contribution in [0, 0.1) is 6.92 Å². The minimum Gasteiger partial charge on any atom is -0.491 e. The Bertz CT molecular complexity index is 936. The van der Waals surface area contributed by atoms with Crippen LogP contribution in [0.15, 0.2) is 46.0 Å². The molecule has 0 saturated heterocycles. The molecule has 30 heavy (non-hydrogen) atoms. The molecule has 0 spiro atoms. The topological polar surface area (TPSA) is 110 Å². The van der Waals surface area contributed by atoms with Gasteiger partial charge in [0, 0.05) is 39.2 Å². The third-order valence-corrected chi connectivity index (χ3v) is 4.37. The highest BCUT2D eigenvalue weighted by atomic mass is 16.5. The molecule has 9 nitrogen and oxygen atoms in total. The van der Waals surface area contributed by atoms with E-state index >= 15 is 0 Å². The summed E-state index contributed by atoms with van der Waals surface area (Å²) in [5, 5.41) is 13.7. The van der Waals surface area contributed by atoms with Crippen LogP contribution < -0.4 is 15.4 Å². The lowest BCUT2D eigenvalue weighted by atomic mass is 10.1. The predicted molar refractivity (Wildman–Crippen MR) is 115 cm³/mol. The van der Waals surface area contributed by atoms with E-state index in [0.29, 0.717) is 50.3 Å². The number of H-pyrrole nitrogens is 1. The number of aromatic nitrogens is 3. The first-order valence-corrected chi connectivity index (χ1v) is 9.80. The third-order valence-electron chi connectivity index (χ3n) is 4.37. The molecule has 0 aliphatic carbocycles. The van der Waals surface area contributed by atoms with Gasteiger partial charge in [-0.3, -0.25) is 10.1 Å². The van der Waals surface area contributed by atoms with E-state index in [-0.39, 0.29) is 0 Å². The van der Waals surface area contributed by atoms with Crippen LogP contribution >= 0.6 is 0 Å². The Morgan fingerprint density at radius 1 is 1.23 bits per heavy atom. The summed E-state index contributed by atoms with van der Waals surface area (Å²) in [6, 6.07) is 9.79. The maximum absolute atomic E-state index is 5.84. The molecule has 3 aromatic rings. The van der Waals surface area contributed by atoms with Crippen LogP contribution in [0.25, 0.3) is 11.6 Å². The number of aryl methyl sites for hydroxylation is 1. The van der Waals surface area contributed by atoms with E-state index in [0.717, 1.165) is 22.7 Å². The Labute approximate surface area is 175 Å². The Hall–Kier alpha value is -3.33. The number of aliphatic imine (C=N–C) groups is 1. The highest BCUT2D eigenvalue weighted by molar-refractivity contribution is 5.79. The number of furan rings is 1. The molecule has 0 aliphatic heterocycles. The van der Waals surface area contributed by atoms with Gasteiger partial charge in [0.25, 0.3) is 0 Å². The second kappa shape index (κ2) is 11.0. The lowest BCUT2D eigenvalue weighted by molar-refractivity contribution is 0.145. The monoisotopic (exact) mass is 412 g/mol. The fourth-order valence-corrected chi connectivity index (χ4v) is 2.80. The van der Waals surface area contributed by atoms with E-state index in [9.17, 15) is 0 Å². The van der Waals surface area contributed by atoms with Crippen LogP contribution in [0.3, 0.4) is 0 Å². The van der Waals surface area contributed by atoms with Crippen LogP contribution in [-0.2, 0) is 17.7 Å². The van der Waals surface area contributed by atoms with Gasteiger partial charge in [0.2, 0.25) is 5.82 Å². The van der Waals surface area contributed by atoms with Crippen molar-refractivity contribution < 1.29 is 13.9 Å². The number of nitrogens with zero attached hydrogens (tertiary/aromatic N) is 3. The van der Waals surface area contributed by atoms with Crippen LogP contribution in [0.5, 0.6) is 5.75 Å². The van der Waals surface area contributed by atoms with Crippen molar-refractivity contribution in [1.82, 2.24) is 25.8 Å². The summed E-state index contributed by atoms with van der Waals surface area (Å²) in [4.78, 5) is 8.71. The molecule has 3 N–H and O–H groups in total. The number of nitrogens with one attached hydrogen (secondary N) is 3. The van der Waals surface area contributed by atoms with E-state index in [2.05, 4.69) is 42.9 Å². The van der Waals surface area contributed by atoms with Gasteiger partial charge in [0.15, 0.2) is 11.7 Å². The maximum atomic E-state index is 5.84. The van der Waals surface area contributed by atoms with E-state index < -0.39 is 0 Å². The van der Waals surface area contributed by atoms with Crippen molar-refractivity contribution in [3.05, 3.63) is 53.5 Å². The van der Waals surface area contributed by atoms with Gasteiger partial charge >= 0.3 is 0 Å². The Balaban J connectivity index is 1.48. The van der Waals surface area contributed by atoms with Gasteiger partial charge in [-0.05, 0) is 30.7 Å². The summed E-state index contributed by atoms with van der Waals surface area (Å²) in [5.74, 6) is 3.52. The Kier molecular flexibility index (Phi) is 7.85. The number of rotatable bonds is 10. The van der Waals surface area contributed by atoms with Gasteiger partial charge in [-0.25, -0.2) is 4.98 Å².